The summed E-state index contributed by atoms with van der Waals surface area (Å²) in [6.07, 6.45) is -0.468. The van der Waals surface area contributed by atoms with E-state index in [2.05, 4.69) is 26.5 Å². The van der Waals surface area contributed by atoms with Gasteiger partial charge in [0.05, 0.1) is 16.7 Å². The first-order valence-corrected chi connectivity index (χ1v) is 11.7. The van der Waals surface area contributed by atoms with Crippen LogP contribution in [-0.2, 0) is 21.1 Å². The van der Waals surface area contributed by atoms with Crippen LogP contribution in [0.25, 0.3) is 10.8 Å². The fourth-order valence-corrected chi connectivity index (χ4v) is 4.85. The predicted molar refractivity (Wildman–Crippen MR) is 120 cm³/mol. The Morgan fingerprint density at radius 3 is 2.21 bits per heavy atom. The number of benzene rings is 3. The molecule has 4 rings (SSSR count). The number of sulfone groups is 1. The number of aromatic nitrogens is 2. The SMILES string of the molecule is O=C(Cc1cc(F)cc(F)c1)Nn1nc(S(=O)(=O)c2ccc(Br)cc2)c2ccccc2c1=O. The summed E-state index contributed by atoms with van der Waals surface area (Å²) in [5, 5.41) is 3.58. The Morgan fingerprint density at radius 1 is 0.970 bits per heavy atom. The number of fused-ring (bicyclic) bond motifs is 1. The van der Waals surface area contributed by atoms with Crippen molar-refractivity contribution in [2.45, 2.75) is 16.3 Å². The molecule has 0 bridgehead atoms. The molecular formula is C22H14BrF2N3O4S. The van der Waals surface area contributed by atoms with Gasteiger partial charge in [-0.15, -0.1) is 9.89 Å². The van der Waals surface area contributed by atoms with E-state index in [9.17, 15) is 26.8 Å². The predicted octanol–water partition coefficient (Wildman–Crippen LogP) is 3.58. The fraction of sp³-hybridized carbons (Fsp3) is 0.0455. The highest BCUT2D eigenvalue weighted by Crippen LogP contribution is 2.25. The molecule has 0 saturated carbocycles. The van der Waals surface area contributed by atoms with Gasteiger partial charge >= 0.3 is 0 Å². The largest absolute Gasteiger partial charge is 0.294 e. The molecule has 3 aromatic carbocycles. The van der Waals surface area contributed by atoms with E-state index in [1.807, 2.05) is 0 Å². The van der Waals surface area contributed by atoms with Crippen molar-refractivity contribution in [2.24, 2.45) is 0 Å². The van der Waals surface area contributed by atoms with Gasteiger partial charge in [-0.2, -0.15) is 0 Å². The number of carbonyl (C=O) groups is 1. The van der Waals surface area contributed by atoms with Crippen molar-refractivity contribution in [3.63, 3.8) is 0 Å². The van der Waals surface area contributed by atoms with Crippen molar-refractivity contribution < 1.29 is 22.0 Å². The van der Waals surface area contributed by atoms with Gasteiger partial charge in [0.25, 0.3) is 5.56 Å². The third kappa shape index (κ3) is 4.69. The molecule has 1 N–H and O–H groups in total. The molecule has 4 aromatic rings. The normalized spacial score (nSPS) is 11.5. The lowest BCUT2D eigenvalue weighted by Gasteiger charge is -2.12. The van der Waals surface area contributed by atoms with Crippen molar-refractivity contribution in [1.29, 1.82) is 0 Å². The van der Waals surface area contributed by atoms with E-state index in [0.717, 1.165) is 12.1 Å². The van der Waals surface area contributed by atoms with Crippen LogP contribution in [0.4, 0.5) is 8.78 Å². The summed E-state index contributed by atoms with van der Waals surface area (Å²) in [6, 6.07) is 14.4. The van der Waals surface area contributed by atoms with E-state index in [4.69, 9.17) is 0 Å². The zero-order chi connectivity index (χ0) is 23.8. The van der Waals surface area contributed by atoms with Crippen LogP contribution in [0.1, 0.15) is 5.56 Å². The fourth-order valence-electron chi connectivity index (χ4n) is 3.22. The van der Waals surface area contributed by atoms with E-state index in [1.165, 1.54) is 24.3 Å². The monoisotopic (exact) mass is 533 g/mol. The molecule has 0 atom stereocenters. The van der Waals surface area contributed by atoms with Crippen LogP contribution in [0.2, 0.25) is 0 Å². The summed E-state index contributed by atoms with van der Waals surface area (Å²) in [5.41, 5.74) is 1.46. The van der Waals surface area contributed by atoms with Gasteiger partial charge in [-0.1, -0.05) is 34.1 Å². The topological polar surface area (TPSA) is 98.1 Å². The van der Waals surface area contributed by atoms with Gasteiger partial charge in [0, 0.05) is 15.9 Å². The number of nitrogens with one attached hydrogen (secondary N) is 1. The molecule has 0 unspecified atom stereocenters. The van der Waals surface area contributed by atoms with Crippen LogP contribution >= 0.6 is 15.9 Å². The molecule has 0 aliphatic heterocycles. The molecule has 0 radical (unpaired) electrons. The highest BCUT2D eigenvalue weighted by Gasteiger charge is 2.25. The molecule has 0 aliphatic carbocycles. The average Bonchev–Trinajstić information content (AvgIpc) is 2.75. The molecule has 7 nitrogen and oxygen atoms in total. The van der Waals surface area contributed by atoms with Crippen LogP contribution in [0.5, 0.6) is 0 Å². The molecule has 33 heavy (non-hydrogen) atoms. The Kier molecular flexibility index (Phi) is 6.09. The van der Waals surface area contributed by atoms with Crippen LogP contribution in [0, 0.1) is 11.6 Å². The molecule has 0 saturated heterocycles. The average molecular weight is 534 g/mol. The number of nitrogens with zero attached hydrogens (tertiary/aromatic N) is 2. The summed E-state index contributed by atoms with van der Waals surface area (Å²) in [4.78, 5) is 25.8. The highest BCUT2D eigenvalue weighted by molar-refractivity contribution is 9.10. The molecule has 11 heteroatoms. The van der Waals surface area contributed by atoms with E-state index in [1.54, 1.807) is 24.3 Å². The Balaban J connectivity index is 1.78. The number of halogens is 3. The van der Waals surface area contributed by atoms with E-state index >= 15 is 0 Å². The van der Waals surface area contributed by atoms with Gasteiger partial charge in [0.1, 0.15) is 11.6 Å². The van der Waals surface area contributed by atoms with Crippen molar-refractivity contribution in [3.05, 3.63) is 98.8 Å². The minimum atomic E-state index is -4.17. The van der Waals surface area contributed by atoms with Gasteiger partial charge in [0.2, 0.25) is 15.7 Å². The molecule has 0 spiro atoms. The van der Waals surface area contributed by atoms with Crippen molar-refractivity contribution in [2.75, 3.05) is 5.43 Å². The zero-order valence-corrected chi connectivity index (χ0v) is 19.0. The van der Waals surface area contributed by atoms with E-state index < -0.39 is 44.4 Å². The third-order valence-corrected chi connectivity index (χ3v) is 6.90. The van der Waals surface area contributed by atoms with Crippen molar-refractivity contribution in [3.8, 4) is 0 Å². The van der Waals surface area contributed by atoms with Crippen LogP contribution in [0.15, 0.2) is 85.9 Å². The molecule has 1 amide bonds. The van der Waals surface area contributed by atoms with Gasteiger partial charge in [-0.3, -0.25) is 9.59 Å². The highest BCUT2D eigenvalue weighted by atomic mass is 79.9. The molecule has 1 heterocycles. The summed E-state index contributed by atoms with van der Waals surface area (Å²) >= 11 is 3.24. The minimum Gasteiger partial charge on any atom is -0.273 e. The second-order valence-corrected chi connectivity index (χ2v) is 9.80. The van der Waals surface area contributed by atoms with Gasteiger partial charge in [-0.25, -0.2) is 22.6 Å². The molecular weight excluding hydrogens is 520 g/mol. The number of hydrogen-bond donors (Lipinski definition) is 1. The number of hydrogen-bond acceptors (Lipinski definition) is 5. The number of amides is 1. The minimum absolute atomic E-state index is 0.0142. The lowest BCUT2D eigenvalue weighted by atomic mass is 10.1. The Labute approximate surface area is 194 Å². The molecule has 168 valence electrons. The maximum Gasteiger partial charge on any atom is 0.294 e. The summed E-state index contributed by atoms with van der Waals surface area (Å²) < 4.78 is 54.1. The number of carbonyl (C=O) groups excluding carboxylic acids is 1. The smallest absolute Gasteiger partial charge is 0.273 e. The Morgan fingerprint density at radius 2 is 1.58 bits per heavy atom. The lowest BCUT2D eigenvalue weighted by Crippen LogP contribution is -2.37. The second kappa shape index (κ2) is 8.83. The summed E-state index contributed by atoms with van der Waals surface area (Å²) in [6.45, 7) is 0. The summed E-state index contributed by atoms with van der Waals surface area (Å²) in [5.74, 6) is -2.54. The molecule has 0 fully saturated rings. The lowest BCUT2D eigenvalue weighted by molar-refractivity contribution is -0.116. The van der Waals surface area contributed by atoms with Crippen LogP contribution in [-0.4, -0.2) is 24.2 Å². The van der Waals surface area contributed by atoms with Crippen molar-refractivity contribution in [1.82, 2.24) is 9.89 Å². The maximum absolute atomic E-state index is 13.4. The van der Waals surface area contributed by atoms with Crippen LogP contribution < -0.4 is 11.0 Å². The Bertz CT molecular complexity index is 1530. The first-order chi connectivity index (χ1) is 15.6. The van der Waals surface area contributed by atoms with Crippen LogP contribution in [0.3, 0.4) is 0 Å². The maximum atomic E-state index is 13.4. The van der Waals surface area contributed by atoms with Gasteiger partial charge < -0.3 is 0 Å². The second-order valence-electron chi connectivity index (χ2n) is 7.01. The first-order valence-electron chi connectivity index (χ1n) is 9.43. The zero-order valence-electron chi connectivity index (χ0n) is 16.6. The van der Waals surface area contributed by atoms with Crippen molar-refractivity contribution >= 4 is 42.4 Å². The molecule has 1 aromatic heterocycles. The van der Waals surface area contributed by atoms with Gasteiger partial charge in [0.15, 0.2) is 5.03 Å². The standard InChI is InChI=1S/C22H14BrF2N3O4S/c23-14-5-7-17(8-6-14)33(31,32)21-18-3-1-2-4-19(18)22(30)28(27-21)26-20(29)11-13-9-15(24)12-16(25)10-13/h1-10,12H,11H2,(H,26,29). The Hall–Kier alpha value is -3.44. The molecule has 0 aliphatic rings. The first kappa shape index (κ1) is 22.7. The number of rotatable bonds is 5. The van der Waals surface area contributed by atoms with E-state index in [-0.39, 0.29) is 21.2 Å². The summed E-state index contributed by atoms with van der Waals surface area (Å²) in [7, 11) is -4.17. The third-order valence-electron chi connectivity index (χ3n) is 4.67. The van der Waals surface area contributed by atoms with Gasteiger partial charge in [-0.05, 0) is 48.0 Å². The van der Waals surface area contributed by atoms with E-state index in [0.29, 0.717) is 15.3 Å². The quantitative estimate of drug-likeness (QED) is 0.422.